The van der Waals surface area contributed by atoms with Crippen LogP contribution >= 0.6 is 11.8 Å². The van der Waals surface area contributed by atoms with Crippen LogP contribution in [0.1, 0.15) is 25.7 Å². The van der Waals surface area contributed by atoms with Crippen molar-refractivity contribution in [3.8, 4) is 0 Å². The maximum atomic E-state index is 13.2. The zero-order valence-electron chi connectivity index (χ0n) is 11.3. The van der Waals surface area contributed by atoms with Crippen LogP contribution in [0.15, 0.2) is 23.1 Å². The average molecular weight is 318 g/mol. The minimum Gasteiger partial charge on any atom is -0.398 e. The molecular formula is C13H19FN2O2S2. The van der Waals surface area contributed by atoms with Crippen molar-refractivity contribution in [1.82, 2.24) is 4.72 Å². The summed E-state index contributed by atoms with van der Waals surface area (Å²) < 4.78 is 40.7. The molecule has 0 amide bonds. The van der Waals surface area contributed by atoms with E-state index < -0.39 is 15.8 Å². The van der Waals surface area contributed by atoms with Gasteiger partial charge in [0.25, 0.3) is 0 Å². The van der Waals surface area contributed by atoms with Gasteiger partial charge in [0, 0.05) is 11.3 Å². The fourth-order valence-electron chi connectivity index (χ4n) is 2.52. The van der Waals surface area contributed by atoms with Gasteiger partial charge in [0.1, 0.15) is 10.7 Å². The van der Waals surface area contributed by atoms with Crippen LogP contribution < -0.4 is 10.5 Å². The molecule has 0 heterocycles. The van der Waals surface area contributed by atoms with Gasteiger partial charge in [-0.1, -0.05) is 12.8 Å². The molecule has 0 saturated heterocycles. The van der Waals surface area contributed by atoms with Gasteiger partial charge in [-0.15, -0.1) is 0 Å². The van der Waals surface area contributed by atoms with Crippen molar-refractivity contribution in [2.24, 2.45) is 0 Å². The highest BCUT2D eigenvalue weighted by atomic mass is 32.2. The second-order valence-electron chi connectivity index (χ2n) is 4.97. The molecule has 0 aliphatic heterocycles. The molecule has 7 heteroatoms. The quantitative estimate of drug-likeness (QED) is 0.836. The van der Waals surface area contributed by atoms with Gasteiger partial charge < -0.3 is 5.73 Å². The number of rotatable bonds is 4. The lowest BCUT2D eigenvalue weighted by Crippen LogP contribution is -2.43. The molecule has 1 aliphatic rings. The lowest BCUT2D eigenvalue weighted by molar-refractivity contribution is 0.423. The third-order valence-electron chi connectivity index (χ3n) is 3.58. The van der Waals surface area contributed by atoms with Gasteiger partial charge in [-0.05, 0) is 37.3 Å². The van der Waals surface area contributed by atoms with E-state index in [1.54, 1.807) is 11.8 Å². The predicted molar refractivity (Wildman–Crippen MR) is 80.7 cm³/mol. The van der Waals surface area contributed by atoms with Crippen molar-refractivity contribution in [2.75, 3.05) is 12.0 Å². The molecule has 1 aromatic carbocycles. The Morgan fingerprint density at radius 2 is 2.05 bits per heavy atom. The minimum absolute atomic E-state index is 0.0652. The number of nitrogens with two attached hydrogens (primary N) is 1. The lowest BCUT2D eigenvalue weighted by Gasteiger charge is -2.30. The molecule has 2 atom stereocenters. The van der Waals surface area contributed by atoms with Crippen LogP contribution in [0.3, 0.4) is 0 Å². The average Bonchev–Trinajstić information content (AvgIpc) is 2.41. The Balaban J connectivity index is 2.24. The topological polar surface area (TPSA) is 72.2 Å². The summed E-state index contributed by atoms with van der Waals surface area (Å²) in [5.74, 6) is -0.607. The second kappa shape index (κ2) is 6.32. The molecule has 112 valence electrons. The van der Waals surface area contributed by atoms with Crippen LogP contribution in [0.4, 0.5) is 10.1 Å². The summed E-state index contributed by atoms with van der Waals surface area (Å²) in [4.78, 5) is -0.178. The largest absolute Gasteiger partial charge is 0.398 e. The van der Waals surface area contributed by atoms with Gasteiger partial charge in [-0.3, -0.25) is 0 Å². The number of hydrogen-bond donors (Lipinski definition) is 2. The summed E-state index contributed by atoms with van der Waals surface area (Å²) >= 11 is 1.66. The molecule has 1 saturated carbocycles. The van der Waals surface area contributed by atoms with E-state index >= 15 is 0 Å². The number of hydrogen-bond acceptors (Lipinski definition) is 4. The Kier molecular flexibility index (Phi) is 4.93. The van der Waals surface area contributed by atoms with Crippen molar-refractivity contribution >= 4 is 27.5 Å². The Morgan fingerprint density at radius 3 is 2.75 bits per heavy atom. The molecule has 0 bridgehead atoms. The number of thioether (sulfide) groups is 1. The summed E-state index contributed by atoms with van der Waals surface area (Å²) in [5.41, 5.74) is 5.72. The number of anilines is 1. The van der Waals surface area contributed by atoms with Crippen molar-refractivity contribution in [3.63, 3.8) is 0 Å². The van der Waals surface area contributed by atoms with Gasteiger partial charge in [0.05, 0.1) is 5.69 Å². The van der Waals surface area contributed by atoms with Crippen molar-refractivity contribution in [2.45, 2.75) is 41.9 Å². The summed E-state index contributed by atoms with van der Waals surface area (Å²) in [7, 11) is -3.78. The molecule has 3 N–H and O–H groups in total. The zero-order chi connectivity index (χ0) is 14.8. The highest BCUT2D eigenvalue weighted by Crippen LogP contribution is 2.29. The third kappa shape index (κ3) is 3.45. The minimum atomic E-state index is -3.78. The van der Waals surface area contributed by atoms with E-state index in [9.17, 15) is 12.8 Å². The molecule has 1 aromatic rings. The first-order valence-corrected chi connectivity index (χ1v) is 9.31. The van der Waals surface area contributed by atoms with E-state index in [1.807, 2.05) is 6.26 Å². The third-order valence-corrected chi connectivity index (χ3v) is 6.29. The van der Waals surface area contributed by atoms with Crippen molar-refractivity contribution < 1.29 is 12.8 Å². The van der Waals surface area contributed by atoms with Gasteiger partial charge >= 0.3 is 0 Å². The normalized spacial score (nSPS) is 23.7. The monoisotopic (exact) mass is 318 g/mol. The number of nitrogen functional groups attached to an aromatic ring is 1. The van der Waals surface area contributed by atoms with E-state index in [1.165, 1.54) is 6.07 Å². The standard InChI is InChI=1S/C13H19FN2O2S2/c1-19-12-5-3-2-4-11(12)16-20(17,18)13-8-9(14)6-7-10(13)15/h6-8,11-12,16H,2-5,15H2,1H3. The molecule has 4 nitrogen and oxygen atoms in total. The Bertz CT molecular complexity index is 578. The number of sulfonamides is 1. The number of nitrogens with one attached hydrogen (secondary N) is 1. The van der Waals surface area contributed by atoms with E-state index in [4.69, 9.17) is 5.73 Å². The van der Waals surface area contributed by atoms with E-state index in [0.29, 0.717) is 0 Å². The lowest BCUT2D eigenvalue weighted by atomic mass is 9.96. The molecule has 1 aliphatic carbocycles. The first kappa shape index (κ1) is 15.6. The number of benzene rings is 1. The predicted octanol–water partition coefficient (Wildman–Crippen LogP) is 2.36. The molecule has 0 aromatic heterocycles. The summed E-state index contributed by atoms with van der Waals surface area (Å²) in [6.07, 6.45) is 5.90. The van der Waals surface area contributed by atoms with E-state index in [-0.39, 0.29) is 21.9 Å². The fourth-order valence-corrected chi connectivity index (χ4v) is 4.99. The van der Waals surface area contributed by atoms with Crippen LogP contribution in [0.5, 0.6) is 0 Å². The smallest absolute Gasteiger partial charge is 0.243 e. The molecule has 1 fully saturated rings. The van der Waals surface area contributed by atoms with Gasteiger partial charge in [0.2, 0.25) is 10.0 Å². The Labute approximate surface area is 123 Å². The van der Waals surface area contributed by atoms with Gasteiger partial charge in [-0.2, -0.15) is 11.8 Å². The maximum Gasteiger partial charge on any atom is 0.243 e. The summed E-state index contributed by atoms with van der Waals surface area (Å²) in [6.45, 7) is 0. The van der Waals surface area contributed by atoms with Crippen molar-refractivity contribution in [3.05, 3.63) is 24.0 Å². The van der Waals surface area contributed by atoms with Crippen LogP contribution in [-0.4, -0.2) is 26.0 Å². The Hall–Kier alpha value is -0.790. The molecule has 0 spiro atoms. The molecule has 0 radical (unpaired) electrons. The highest BCUT2D eigenvalue weighted by Gasteiger charge is 2.29. The van der Waals surface area contributed by atoms with Crippen LogP contribution in [0.2, 0.25) is 0 Å². The molecule has 2 rings (SSSR count). The fraction of sp³-hybridized carbons (Fsp3) is 0.538. The SMILES string of the molecule is CSC1CCCCC1NS(=O)(=O)c1cc(F)ccc1N. The van der Waals surface area contributed by atoms with Crippen LogP contribution in [0, 0.1) is 5.82 Å². The first-order chi connectivity index (χ1) is 9.44. The van der Waals surface area contributed by atoms with Gasteiger partial charge in [0.15, 0.2) is 0 Å². The van der Waals surface area contributed by atoms with Crippen molar-refractivity contribution in [1.29, 1.82) is 0 Å². The second-order valence-corrected chi connectivity index (χ2v) is 7.73. The maximum absolute atomic E-state index is 13.2. The molecule has 2 unspecified atom stereocenters. The highest BCUT2D eigenvalue weighted by molar-refractivity contribution is 7.99. The molecular weight excluding hydrogens is 299 g/mol. The van der Waals surface area contributed by atoms with Crippen LogP contribution in [0.25, 0.3) is 0 Å². The van der Waals surface area contributed by atoms with Gasteiger partial charge in [-0.25, -0.2) is 17.5 Å². The van der Waals surface area contributed by atoms with E-state index in [0.717, 1.165) is 37.8 Å². The number of halogens is 1. The molecule has 20 heavy (non-hydrogen) atoms. The summed E-state index contributed by atoms with van der Waals surface area (Å²) in [6, 6.07) is 3.27. The summed E-state index contributed by atoms with van der Waals surface area (Å²) in [5, 5.41) is 0.258. The van der Waals surface area contributed by atoms with E-state index in [2.05, 4.69) is 4.72 Å². The first-order valence-electron chi connectivity index (χ1n) is 6.54. The zero-order valence-corrected chi connectivity index (χ0v) is 12.9. The van der Waals surface area contributed by atoms with Crippen LogP contribution in [-0.2, 0) is 10.0 Å². The Morgan fingerprint density at radius 1 is 1.35 bits per heavy atom.